The highest BCUT2D eigenvalue weighted by atomic mass is 16.5. The largest absolute Gasteiger partial charge is 0.379 e. The number of rotatable bonds is 11. The number of H-pyrrole nitrogens is 1. The number of nitrogens with one attached hydrogen (secondary N) is 3. The summed E-state index contributed by atoms with van der Waals surface area (Å²) in [6.07, 6.45) is 2.75. The quantitative estimate of drug-likeness (QED) is 0.151. The molecule has 4 fully saturated rings. The third-order valence-corrected chi connectivity index (χ3v) is 12.5. The van der Waals surface area contributed by atoms with Gasteiger partial charge in [0.25, 0.3) is 0 Å². The number of nitrogens with zero attached hydrogens (tertiary/aromatic N) is 4. The predicted octanol–water partition coefficient (Wildman–Crippen LogP) is 5.84. The van der Waals surface area contributed by atoms with Crippen molar-refractivity contribution in [3.05, 3.63) is 120 Å². The number of benzene rings is 4. The van der Waals surface area contributed by atoms with Crippen LogP contribution in [0.25, 0.3) is 22.2 Å². The van der Waals surface area contributed by atoms with Gasteiger partial charge in [-0.3, -0.25) is 29.0 Å². The molecule has 4 saturated heterocycles. The fraction of sp³-hybridized carbons (Fsp3) is 0.375. The second kappa shape index (κ2) is 18.4. The van der Waals surface area contributed by atoms with Crippen LogP contribution in [0.1, 0.15) is 48.9 Å². The first kappa shape index (κ1) is 40.5. The summed E-state index contributed by atoms with van der Waals surface area (Å²) in [4.78, 5) is 67.3. The zero-order valence-corrected chi connectivity index (χ0v) is 34.3. The molecule has 13 nitrogen and oxygen atoms in total. The number of carbonyl (C=O) groups is 4. The summed E-state index contributed by atoms with van der Waals surface area (Å²) in [5.74, 6) is -0.472. The van der Waals surface area contributed by atoms with Gasteiger partial charge in [0.2, 0.25) is 23.6 Å². The lowest BCUT2D eigenvalue weighted by Gasteiger charge is -2.37. The lowest BCUT2D eigenvalue weighted by molar-refractivity contribution is -0.143. The molecule has 0 aliphatic carbocycles. The minimum absolute atomic E-state index is 0.0466. The van der Waals surface area contributed by atoms with E-state index in [-0.39, 0.29) is 23.6 Å². The fourth-order valence-electron chi connectivity index (χ4n) is 9.43. The average molecular weight is 824 g/mol. The molecular formula is C48H53N7O6. The molecule has 0 bridgehead atoms. The normalized spacial score (nSPS) is 21.0. The van der Waals surface area contributed by atoms with E-state index < -0.39 is 24.2 Å². The van der Waals surface area contributed by atoms with Crippen molar-refractivity contribution in [2.75, 3.05) is 76.3 Å². The van der Waals surface area contributed by atoms with Crippen molar-refractivity contribution in [3.8, 4) is 11.3 Å². The van der Waals surface area contributed by atoms with Crippen LogP contribution in [0.2, 0.25) is 0 Å². The Labute approximate surface area is 356 Å². The van der Waals surface area contributed by atoms with Crippen LogP contribution in [0.4, 0.5) is 11.4 Å². The molecule has 316 valence electrons. The van der Waals surface area contributed by atoms with Gasteiger partial charge in [-0.25, -0.2) is 0 Å². The van der Waals surface area contributed by atoms with E-state index >= 15 is 0 Å². The highest BCUT2D eigenvalue weighted by Crippen LogP contribution is 2.33. The molecule has 5 heterocycles. The lowest BCUT2D eigenvalue weighted by Crippen LogP contribution is -2.50. The second-order valence-electron chi connectivity index (χ2n) is 16.3. The van der Waals surface area contributed by atoms with Crippen molar-refractivity contribution >= 4 is 45.9 Å². The van der Waals surface area contributed by atoms with Gasteiger partial charge >= 0.3 is 0 Å². The first-order valence-corrected chi connectivity index (χ1v) is 21.6. The fourth-order valence-corrected chi connectivity index (χ4v) is 9.43. The summed E-state index contributed by atoms with van der Waals surface area (Å²) < 4.78 is 11.2. The standard InChI is InChI=1S/C48H53N7O6/c56-45(41-13-7-21-54(41)47(58)43(34-9-3-1-4-10-34)52-23-27-60-28-24-52)49-37-17-15-33(16-18-37)40-32-36-31-38(19-20-39(36)51-40)50-46(57)42-14-8-22-55(42)48(59)44(35-11-5-2-6-12-35)53-25-29-61-30-26-53/h1-6,9-12,15-20,31-32,41-44,51H,7-8,13-14,21-30H2,(H,49,56)(H,50,57)/t41-,42-,43?,44?/m0/s1. The van der Waals surface area contributed by atoms with E-state index in [1.54, 1.807) is 9.80 Å². The third-order valence-electron chi connectivity index (χ3n) is 12.5. The first-order valence-electron chi connectivity index (χ1n) is 21.6. The molecule has 0 radical (unpaired) electrons. The van der Waals surface area contributed by atoms with E-state index in [4.69, 9.17) is 9.47 Å². The number of likely N-dealkylation sites (tertiary alicyclic amines) is 2. The Balaban J connectivity index is 0.842. The van der Waals surface area contributed by atoms with Gasteiger partial charge in [0.1, 0.15) is 24.2 Å². The van der Waals surface area contributed by atoms with Crippen molar-refractivity contribution in [2.45, 2.75) is 49.9 Å². The topological polar surface area (TPSA) is 140 Å². The molecule has 13 heteroatoms. The van der Waals surface area contributed by atoms with Crippen LogP contribution >= 0.6 is 0 Å². The monoisotopic (exact) mass is 823 g/mol. The van der Waals surface area contributed by atoms with Gasteiger partial charge in [-0.1, -0.05) is 72.8 Å². The van der Waals surface area contributed by atoms with Crippen molar-refractivity contribution < 1.29 is 28.7 Å². The number of anilines is 2. The van der Waals surface area contributed by atoms with E-state index in [0.717, 1.165) is 46.1 Å². The van der Waals surface area contributed by atoms with Crippen molar-refractivity contribution in [1.29, 1.82) is 0 Å². The van der Waals surface area contributed by atoms with E-state index in [2.05, 4.69) is 25.4 Å². The maximum absolute atomic E-state index is 14.2. The Morgan fingerprint density at radius 1 is 0.557 bits per heavy atom. The van der Waals surface area contributed by atoms with E-state index in [9.17, 15) is 19.2 Å². The number of hydrogen-bond donors (Lipinski definition) is 3. The molecule has 0 spiro atoms. The highest BCUT2D eigenvalue weighted by Gasteiger charge is 2.41. The number of carbonyl (C=O) groups excluding carboxylic acids is 4. The number of hydrogen-bond acceptors (Lipinski definition) is 8. The second-order valence-corrected chi connectivity index (χ2v) is 16.3. The molecule has 2 unspecified atom stereocenters. The Morgan fingerprint density at radius 3 is 1.54 bits per heavy atom. The van der Waals surface area contributed by atoms with Crippen molar-refractivity contribution in [3.63, 3.8) is 0 Å². The van der Waals surface area contributed by atoms with Crippen LogP contribution < -0.4 is 10.6 Å². The number of ether oxygens (including phenoxy) is 2. The average Bonchev–Trinajstić information content (AvgIpc) is 4.09. The van der Waals surface area contributed by atoms with Crippen LogP contribution in [0.15, 0.2) is 109 Å². The maximum atomic E-state index is 14.2. The number of fused-ring (bicyclic) bond motifs is 1. The Bertz CT molecular complexity index is 2330. The molecule has 5 aromatic rings. The number of aromatic amines is 1. The SMILES string of the molecule is O=C(Nc1ccc(-c2cc3cc(NC(=O)[C@@H]4CCCN4C(=O)C(c4ccccc4)N4CCOCC4)ccc3[nH]2)cc1)[C@@H]1CCCN1C(=O)C(c1ccccc1)N1CCOCC1. The maximum Gasteiger partial charge on any atom is 0.247 e. The summed E-state index contributed by atoms with van der Waals surface area (Å²) >= 11 is 0. The van der Waals surface area contributed by atoms with Gasteiger partial charge in [-0.2, -0.15) is 0 Å². The minimum Gasteiger partial charge on any atom is -0.379 e. The molecule has 4 atom stereocenters. The minimum atomic E-state index is -0.560. The molecule has 4 amide bonds. The first-order chi connectivity index (χ1) is 29.9. The molecular weight excluding hydrogens is 771 g/mol. The number of morpholine rings is 2. The molecule has 0 saturated carbocycles. The van der Waals surface area contributed by atoms with Crippen molar-refractivity contribution in [1.82, 2.24) is 24.6 Å². The zero-order chi connectivity index (χ0) is 41.7. The Hall–Kier alpha value is -5.86. The molecule has 4 aliphatic heterocycles. The number of amides is 4. The van der Waals surface area contributed by atoms with Gasteiger partial charge in [0, 0.05) is 67.2 Å². The molecule has 61 heavy (non-hydrogen) atoms. The molecule has 4 aliphatic rings. The van der Waals surface area contributed by atoms with Gasteiger partial charge in [-0.05, 0) is 78.8 Å². The van der Waals surface area contributed by atoms with E-state index in [1.165, 1.54) is 0 Å². The van der Waals surface area contributed by atoms with Crippen molar-refractivity contribution in [2.24, 2.45) is 0 Å². The van der Waals surface area contributed by atoms with Crippen LogP contribution in [-0.4, -0.2) is 126 Å². The molecule has 3 N–H and O–H groups in total. The predicted molar refractivity (Wildman–Crippen MR) is 234 cm³/mol. The van der Waals surface area contributed by atoms with Gasteiger partial charge in [0.05, 0.1) is 26.4 Å². The number of aromatic nitrogens is 1. The Kier molecular flexibility index (Phi) is 12.2. The smallest absolute Gasteiger partial charge is 0.247 e. The summed E-state index contributed by atoms with van der Waals surface area (Å²) in [5, 5.41) is 7.11. The van der Waals surface area contributed by atoms with Gasteiger partial charge in [0.15, 0.2) is 0 Å². The van der Waals surface area contributed by atoms with Crippen LogP contribution in [0.3, 0.4) is 0 Å². The zero-order valence-electron chi connectivity index (χ0n) is 34.3. The lowest BCUT2D eigenvalue weighted by atomic mass is 10.0. The van der Waals surface area contributed by atoms with Gasteiger partial charge < -0.3 is 34.9 Å². The summed E-state index contributed by atoms with van der Waals surface area (Å²) in [7, 11) is 0. The Morgan fingerprint density at radius 2 is 1.03 bits per heavy atom. The summed E-state index contributed by atoms with van der Waals surface area (Å²) in [6, 6.07) is 33.1. The summed E-state index contributed by atoms with van der Waals surface area (Å²) in [6.45, 7) is 6.00. The van der Waals surface area contributed by atoms with Crippen LogP contribution in [-0.2, 0) is 28.7 Å². The van der Waals surface area contributed by atoms with E-state index in [0.29, 0.717) is 89.9 Å². The van der Waals surface area contributed by atoms with Gasteiger partial charge in [-0.15, -0.1) is 0 Å². The highest BCUT2D eigenvalue weighted by molar-refractivity contribution is 6.01. The molecule has 9 rings (SSSR count). The molecule has 4 aromatic carbocycles. The third kappa shape index (κ3) is 8.83. The van der Waals surface area contributed by atoms with E-state index in [1.807, 2.05) is 109 Å². The van der Waals surface area contributed by atoms with Crippen LogP contribution in [0, 0.1) is 0 Å². The van der Waals surface area contributed by atoms with Crippen LogP contribution in [0.5, 0.6) is 0 Å². The summed E-state index contributed by atoms with van der Waals surface area (Å²) in [5.41, 5.74) is 5.90. The molecule has 1 aromatic heterocycles.